The first-order valence-corrected chi connectivity index (χ1v) is 14.4. The topological polar surface area (TPSA) is 113 Å². The minimum Gasteiger partial charge on any atom is -0.382 e. The van der Waals surface area contributed by atoms with E-state index in [-0.39, 0.29) is 17.4 Å². The first kappa shape index (κ1) is 33.4. The number of pyridine rings is 1. The number of carbonyl (C=O) groups excluding carboxylic acids is 3. The Kier molecular flexibility index (Phi) is 10.3. The minimum absolute atomic E-state index is 0.0172. The number of hydrogen-bond donors (Lipinski definition) is 3. The molecule has 4 amide bonds. The summed E-state index contributed by atoms with van der Waals surface area (Å²) in [6.07, 6.45) is -0.881. The van der Waals surface area contributed by atoms with Crippen LogP contribution in [0.25, 0.3) is 0 Å². The van der Waals surface area contributed by atoms with Crippen LogP contribution < -0.4 is 16.0 Å². The molecule has 1 aromatic heterocycles. The monoisotopic (exact) mass is 645 g/mol. The molecule has 3 N–H and O–H groups in total. The summed E-state index contributed by atoms with van der Waals surface area (Å²) in [6.45, 7) is 1.23. The summed E-state index contributed by atoms with van der Waals surface area (Å²) in [4.78, 5) is 44.0. The van der Waals surface area contributed by atoms with Gasteiger partial charge in [-0.2, -0.15) is 22.0 Å². The van der Waals surface area contributed by atoms with Crippen LogP contribution in [0.15, 0.2) is 42.6 Å². The summed E-state index contributed by atoms with van der Waals surface area (Å²) in [7, 11) is 1.32. The van der Waals surface area contributed by atoms with Crippen LogP contribution in [-0.4, -0.2) is 66.3 Å². The lowest BCUT2D eigenvalue weighted by molar-refractivity contribution is -0.150. The zero-order chi connectivity index (χ0) is 32.2. The summed E-state index contributed by atoms with van der Waals surface area (Å²) in [5.74, 6) is -6.56. The molecule has 0 unspecified atom stereocenters. The minimum atomic E-state index is -4.65. The van der Waals surface area contributed by atoms with Gasteiger partial charge in [-0.3, -0.25) is 9.59 Å². The zero-order valence-electron chi connectivity index (χ0n) is 24.0. The molecule has 2 heterocycles. The maximum absolute atomic E-state index is 15.2. The lowest BCUT2D eigenvalue weighted by atomic mass is 9.79. The lowest BCUT2D eigenvalue weighted by Gasteiger charge is -2.33. The van der Waals surface area contributed by atoms with Gasteiger partial charge in [0.05, 0.1) is 19.2 Å². The number of hydrogen-bond acceptors (Lipinski definition) is 5. The lowest BCUT2D eigenvalue weighted by Crippen LogP contribution is -2.53. The van der Waals surface area contributed by atoms with Gasteiger partial charge in [-0.25, -0.2) is 9.78 Å². The van der Waals surface area contributed by atoms with E-state index in [0.29, 0.717) is 24.3 Å². The summed E-state index contributed by atoms with van der Waals surface area (Å²) >= 11 is 5.85. The molecule has 2 fully saturated rings. The van der Waals surface area contributed by atoms with Crippen LogP contribution >= 0.6 is 11.6 Å². The van der Waals surface area contributed by atoms with Crippen molar-refractivity contribution in [3.8, 4) is 0 Å². The Morgan fingerprint density at radius 3 is 2.45 bits per heavy atom. The van der Waals surface area contributed by atoms with Gasteiger partial charge in [0, 0.05) is 23.9 Å². The number of nitrogens with one attached hydrogen (secondary N) is 3. The molecule has 3 atom stereocenters. The highest BCUT2D eigenvalue weighted by atomic mass is 35.5. The molecule has 0 radical (unpaired) electrons. The number of rotatable bonds is 10. The predicted molar refractivity (Wildman–Crippen MR) is 151 cm³/mol. The van der Waals surface area contributed by atoms with E-state index in [9.17, 15) is 27.6 Å². The van der Waals surface area contributed by atoms with Gasteiger partial charge >= 0.3 is 18.1 Å². The van der Waals surface area contributed by atoms with Crippen LogP contribution in [0.2, 0.25) is 5.02 Å². The van der Waals surface area contributed by atoms with E-state index < -0.39 is 66.1 Å². The fourth-order valence-electron chi connectivity index (χ4n) is 5.53. The highest BCUT2D eigenvalue weighted by Crippen LogP contribution is 2.34. The summed E-state index contributed by atoms with van der Waals surface area (Å²) in [5.41, 5.74) is -0.314. The van der Waals surface area contributed by atoms with Crippen LogP contribution in [-0.2, 0) is 20.2 Å². The maximum atomic E-state index is 15.2. The Hall–Kier alpha value is -3.52. The molecular weight excluding hydrogens is 613 g/mol. The highest BCUT2D eigenvalue weighted by molar-refractivity contribution is 6.30. The third-order valence-corrected chi connectivity index (χ3v) is 8.26. The van der Waals surface area contributed by atoms with E-state index in [1.54, 1.807) is 0 Å². The van der Waals surface area contributed by atoms with Gasteiger partial charge in [0.25, 0.3) is 5.91 Å². The van der Waals surface area contributed by atoms with E-state index in [4.69, 9.17) is 16.3 Å². The summed E-state index contributed by atoms with van der Waals surface area (Å²) < 4.78 is 75.4. The number of amides is 4. The number of alkyl halides is 5. The molecule has 4 rings (SSSR count). The predicted octanol–water partition coefficient (Wildman–Crippen LogP) is 5.42. The summed E-state index contributed by atoms with van der Waals surface area (Å²) in [5, 5.41) is 6.73. The average Bonchev–Trinajstić information content (AvgIpc) is 3.37. The van der Waals surface area contributed by atoms with E-state index in [1.807, 2.05) is 12.2 Å². The van der Waals surface area contributed by atoms with E-state index in [0.717, 1.165) is 29.9 Å². The molecule has 0 bridgehead atoms. The van der Waals surface area contributed by atoms with Crippen molar-refractivity contribution in [3.63, 3.8) is 0 Å². The van der Waals surface area contributed by atoms with Crippen molar-refractivity contribution in [1.29, 1.82) is 0 Å². The van der Waals surface area contributed by atoms with Crippen molar-refractivity contribution in [1.82, 2.24) is 20.5 Å². The van der Waals surface area contributed by atoms with E-state index >= 15 is 8.78 Å². The molecule has 1 saturated heterocycles. The zero-order valence-corrected chi connectivity index (χ0v) is 24.7. The van der Waals surface area contributed by atoms with E-state index in [2.05, 4.69) is 15.6 Å². The van der Waals surface area contributed by atoms with Gasteiger partial charge in [0.2, 0.25) is 5.91 Å². The second kappa shape index (κ2) is 13.6. The number of halogens is 6. The third-order valence-electron chi connectivity index (χ3n) is 8.03. The van der Waals surface area contributed by atoms with Crippen molar-refractivity contribution in [2.24, 2.45) is 11.8 Å². The van der Waals surface area contributed by atoms with Crippen molar-refractivity contribution in [2.45, 2.75) is 62.8 Å². The maximum Gasteiger partial charge on any atom is 0.410 e. The second-order valence-corrected chi connectivity index (χ2v) is 11.6. The van der Waals surface area contributed by atoms with Crippen LogP contribution in [0.5, 0.6) is 0 Å². The number of benzene rings is 1. The Labute approximate surface area is 255 Å². The van der Waals surface area contributed by atoms with E-state index in [1.165, 1.54) is 37.6 Å². The number of carbonyl (C=O) groups is 3. The van der Waals surface area contributed by atoms with Crippen LogP contribution in [0.4, 0.5) is 32.6 Å². The standard InChI is InChI=1S/C29H33ClF5N5O4/c1-16-6-8-17(9-7-16)24(39-26(42)28(31,32)19-4-3-5-20(30)13-19)25(41)38-23-12-18(10-11-36-23)21(15-44-2)40-14-22(29(33,34)35)37-27(40)43/h3-5,10-13,16-17,21-22,24H,6-9,14-15H2,1-2H3,(H,37,43)(H,39,42)(H,36,38,41)/t16?,17?,21-,22+,24+/m1/s1. The summed E-state index contributed by atoms with van der Waals surface area (Å²) in [6, 6.07) is 2.23. The molecule has 2 aliphatic rings. The van der Waals surface area contributed by atoms with Crippen LogP contribution in [0.1, 0.15) is 49.8 Å². The first-order chi connectivity index (χ1) is 20.7. The number of aromatic nitrogens is 1. The molecule has 44 heavy (non-hydrogen) atoms. The SMILES string of the molecule is COC[C@H](c1ccnc(NC(=O)[C@@H](NC(=O)C(F)(F)c2cccc(Cl)c2)C2CCC(C)CC2)c1)N1C[C@@H](C(F)(F)F)NC1=O. The smallest absolute Gasteiger partial charge is 0.382 e. The molecule has 1 aliphatic carbocycles. The third kappa shape index (κ3) is 7.76. The van der Waals surface area contributed by atoms with Crippen molar-refractivity contribution in [3.05, 3.63) is 58.7 Å². The highest BCUT2D eigenvalue weighted by Gasteiger charge is 2.49. The Balaban J connectivity index is 1.56. The Morgan fingerprint density at radius 1 is 1.14 bits per heavy atom. The largest absolute Gasteiger partial charge is 0.410 e. The second-order valence-electron chi connectivity index (χ2n) is 11.2. The van der Waals surface area contributed by atoms with Gasteiger partial charge in [0.15, 0.2) is 0 Å². The van der Waals surface area contributed by atoms with Crippen LogP contribution in [0, 0.1) is 11.8 Å². The van der Waals surface area contributed by atoms with Gasteiger partial charge in [-0.05, 0) is 54.5 Å². The van der Waals surface area contributed by atoms with Gasteiger partial charge in [-0.15, -0.1) is 0 Å². The van der Waals surface area contributed by atoms with Crippen molar-refractivity contribution >= 4 is 35.3 Å². The van der Waals surface area contributed by atoms with Crippen molar-refractivity contribution < 1.29 is 41.1 Å². The van der Waals surface area contributed by atoms with Gasteiger partial charge in [0.1, 0.15) is 17.9 Å². The fraction of sp³-hybridized carbons (Fsp3) is 0.517. The molecule has 240 valence electrons. The molecule has 15 heteroatoms. The Morgan fingerprint density at radius 2 is 1.84 bits per heavy atom. The van der Waals surface area contributed by atoms with Crippen LogP contribution in [0.3, 0.4) is 0 Å². The number of ether oxygens (including phenoxy) is 1. The molecule has 9 nitrogen and oxygen atoms in total. The molecule has 1 saturated carbocycles. The number of urea groups is 1. The normalized spacial score (nSPS) is 22.2. The number of methoxy groups -OCH3 is 1. The molecule has 2 aromatic rings. The average molecular weight is 646 g/mol. The first-order valence-electron chi connectivity index (χ1n) is 14.0. The Bertz CT molecular complexity index is 1360. The quantitative estimate of drug-likeness (QED) is 0.299. The fourth-order valence-corrected chi connectivity index (χ4v) is 5.72. The molecule has 1 aromatic carbocycles. The molecule has 1 aliphatic heterocycles. The molecular formula is C29H33ClF5N5O4. The molecule has 0 spiro atoms. The number of nitrogens with zero attached hydrogens (tertiary/aromatic N) is 2. The van der Waals surface area contributed by atoms with Crippen molar-refractivity contribution in [2.75, 3.05) is 25.6 Å². The van der Waals surface area contributed by atoms with Gasteiger partial charge < -0.3 is 25.6 Å². The number of anilines is 1. The van der Waals surface area contributed by atoms with Gasteiger partial charge in [-0.1, -0.05) is 43.5 Å².